The zero-order valence-corrected chi connectivity index (χ0v) is 24.1. The fraction of sp³-hybridized carbons (Fsp3) is 0.533. The van der Waals surface area contributed by atoms with E-state index in [1.165, 1.54) is 12.1 Å². The third-order valence-electron chi connectivity index (χ3n) is 7.38. The second-order valence-electron chi connectivity index (χ2n) is 10.6. The Morgan fingerprint density at radius 2 is 1.51 bits per heavy atom. The zero-order valence-electron chi connectivity index (χ0n) is 23.3. The predicted molar refractivity (Wildman–Crippen MR) is 150 cm³/mol. The first-order chi connectivity index (χ1) is 17.5. The van der Waals surface area contributed by atoms with Crippen LogP contribution in [0.15, 0.2) is 42.5 Å². The van der Waals surface area contributed by atoms with Crippen LogP contribution in [0, 0.1) is 11.7 Å². The number of carbonyl (C=O) groups excluding carboxylic acids is 2. The molecule has 0 aliphatic carbocycles. The number of carbonyl (C=O) groups is 2. The van der Waals surface area contributed by atoms with Gasteiger partial charge >= 0.3 is 0 Å². The van der Waals surface area contributed by atoms with Crippen LogP contribution in [-0.4, -0.2) is 52.5 Å². The molecule has 3 rings (SSSR count). The van der Waals surface area contributed by atoms with E-state index in [4.69, 9.17) is 8.92 Å². The van der Waals surface area contributed by atoms with Gasteiger partial charge in [-0.15, -0.1) is 0 Å². The molecule has 1 fully saturated rings. The van der Waals surface area contributed by atoms with Crippen LogP contribution in [0.1, 0.15) is 70.3 Å². The van der Waals surface area contributed by atoms with Crippen molar-refractivity contribution in [1.82, 2.24) is 4.90 Å². The van der Waals surface area contributed by atoms with Crippen LogP contribution in [0.2, 0.25) is 0 Å². The standard InChI is InChI=1S/C30H42FNO4S/c1-20(2)37(21(3)4,22(5)6)36-27-10-8-9-26(30(27)35-7)29(34)24-15-17-32(18-16-24)28(33)19-23-11-13-25(31)14-12-23/h8-14,20-22,24H,15-19H2,1-7H3. The van der Waals surface area contributed by atoms with Gasteiger partial charge in [0.05, 0.1) is 19.1 Å². The summed E-state index contributed by atoms with van der Waals surface area (Å²) in [7, 11) is 0.0894. The van der Waals surface area contributed by atoms with E-state index in [0.29, 0.717) is 58.7 Å². The first kappa shape index (κ1) is 29.0. The highest BCUT2D eigenvalue weighted by atomic mass is 32.3. The molecule has 0 radical (unpaired) electrons. The molecule has 0 saturated carbocycles. The normalized spacial score (nSPS) is 15.4. The van der Waals surface area contributed by atoms with Crippen LogP contribution in [0.25, 0.3) is 0 Å². The van der Waals surface area contributed by atoms with Crippen molar-refractivity contribution in [2.45, 2.75) is 76.6 Å². The number of amides is 1. The highest BCUT2D eigenvalue weighted by Crippen LogP contribution is 2.61. The van der Waals surface area contributed by atoms with E-state index < -0.39 is 10.3 Å². The molecule has 0 unspecified atom stereocenters. The average Bonchev–Trinajstić information content (AvgIpc) is 2.87. The number of piperidine rings is 1. The highest BCUT2D eigenvalue weighted by molar-refractivity contribution is 8.31. The number of rotatable bonds is 10. The highest BCUT2D eigenvalue weighted by Gasteiger charge is 2.38. The van der Waals surface area contributed by atoms with Gasteiger partial charge in [-0.1, -0.05) is 70.1 Å². The molecule has 0 N–H and O–H groups in total. The Hall–Kier alpha value is -2.54. The second-order valence-corrected chi connectivity index (χ2v) is 15.0. The van der Waals surface area contributed by atoms with Crippen molar-refractivity contribution in [1.29, 1.82) is 0 Å². The molecule has 5 nitrogen and oxygen atoms in total. The molecule has 0 spiro atoms. The monoisotopic (exact) mass is 531 g/mol. The fourth-order valence-corrected chi connectivity index (χ4v) is 9.85. The van der Waals surface area contributed by atoms with Crippen LogP contribution in [-0.2, 0) is 11.2 Å². The maximum absolute atomic E-state index is 13.6. The molecular formula is C30H42FNO4S. The van der Waals surface area contributed by atoms with E-state index >= 15 is 0 Å². The first-order valence-corrected chi connectivity index (χ1v) is 15.0. The molecule has 1 heterocycles. The summed E-state index contributed by atoms with van der Waals surface area (Å²) in [6.45, 7) is 14.3. The Labute approximate surface area is 223 Å². The number of methoxy groups -OCH3 is 1. The second kappa shape index (κ2) is 12.3. The van der Waals surface area contributed by atoms with Gasteiger partial charge in [0, 0.05) is 34.8 Å². The van der Waals surface area contributed by atoms with E-state index in [1.807, 2.05) is 18.2 Å². The third kappa shape index (κ3) is 6.31. The minimum atomic E-state index is -1.50. The van der Waals surface area contributed by atoms with Gasteiger partial charge in [0.2, 0.25) is 5.91 Å². The minimum absolute atomic E-state index is 0.000793. The largest absolute Gasteiger partial charge is 0.492 e. The van der Waals surface area contributed by atoms with Crippen molar-refractivity contribution in [2.75, 3.05) is 20.2 Å². The molecule has 1 amide bonds. The number of Topliss-reactive ketones (excluding diaryl/α,β-unsaturated/α-hetero) is 1. The van der Waals surface area contributed by atoms with Gasteiger partial charge in [-0.25, -0.2) is 4.39 Å². The van der Waals surface area contributed by atoms with Crippen LogP contribution in [0.3, 0.4) is 0 Å². The lowest BCUT2D eigenvalue weighted by Crippen LogP contribution is -2.41. The van der Waals surface area contributed by atoms with Gasteiger partial charge in [-0.2, -0.15) is 0 Å². The van der Waals surface area contributed by atoms with Crippen molar-refractivity contribution in [3.05, 3.63) is 59.4 Å². The van der Waals surface area contributed by atoms with E-state index in [-0.39, 0.29) is 29.8 Å². The summed E-state index contributed by atoms with van der Waals surface area (Å²) in [5.41, 5.74) is 1.33. The summed E-state index contributed by atoms with van der Waals surface area (Å²) in [5, 5.41) is 1.02. The SMILES string of the molecule is COc1c(OS(C(C)C)(C(C)C)C(C)C)cccc1C(=O)C1CCN(C(=O)Cc2ccc(F)cc2)CC1. The number of ether oxygens (including phenoxy) is 1. The molecule has 1 aliphatic heterocycles. The molecule has 7 heteroatoms. The Morgan fingerprint density at radius 1 is 0.946 bits per heavy atom. The number of ketones is 1. The van der Waals surface area contributed by atoms with Crippen LogP contribution in [0.4, 0.5) is 4.39 Å². The van der Waals surface area contributed by atoms with Crippen LogP contribution in [0.5, 0.6) is 11.5 Å². The molecule has 204 valence electrons. The molecule has 2 aromatic carbocycles. The summed E-state index contributed by atoms with van der Waals surface area (Å²) >= 11 is 0. The summed E-state index contributed by atoms with van der Waals surface area (Å²) in [5.74, 6) is 0.669. The fourth-order valence-electron chi connectivity index (χ4n) is 5.56. The Kier molecular flexibility index (Phi) is 9.68. The van der Waals surface area contributed by atoms with Crippen molar-refractivity contribution < 1.29 is 22.9 Å². The van der Waals surface area contributed by atoms with Gasteiger partial charge in [-0.3, -0.25) is 9.59 Å². The Bertz CT molecular complexity index is 1050. The van der Waals surface area contributed by atoms with E-state index in [9.17, 15) is 14.0 Å². The third-order valence-corrected chi connectivity index (χ3v) is 12.3. The van der Waals surface area contributed by atoms with Crippen molar-refractivity contribution in [2.24, 2.45) is 5.92 Å². The smallest absolute Gasteiger partial charge is 0.226 e. The lowest BCUT2D eigenvalue weighted by Gasteiger charge is -2.50. The summed E-state index contributed by atoms with van der Waals surface area (Å²) in [6, 6.07) is 11.6. The molecule has 1 aliphatic rings. The number of likely N-dealkylation sites (tertiary alicyclic amines) is 1. The van der Waals surface area contributed by atoms with Gasteiger partial charge in [-0.05, 0) is 42.7 Å². The molecular weight excluding hydrogens is 489 g/mol. The summed E-state index contributed by atoms with van der Waals surface area (Å²) < 4.78 is 25.8. The number of halogens is 1. The van der Waals surface area contributed by atoms with Crippen molar-refractivity contribution in [3.63, 3.8) is 0 Å². The average molecular weight is 532 g/mol. The molecule has 0 atom stereocenters. The summed E-state index contributed by atoms with van der Waals surface area (Å²) in [6.07, 6.45) is 1.43. The molecule has 0 bridgehead atoms. The van der Waals surface area contributed by atoms with Crippen molar-refractivity contribution in [3.8, 4) is 11.5 Å². The number of hydrogen-bond donors (Lipinski definition) is 0. The molecule has 2 aromatic rings. The number of para-hydroxylation sites is 1. The van der Waals surface area contributed by atoms with E-state index in [0.717, 1.165) is 5.56 Å². The number of benzene rings is 2. The quantitative estimate of drug-likeness (QED) is 0.316. The van der Waals surface area contributed by atoms with Crippen molar-refractivity contribution >= 4 is 22.0 Å². The Balaban J connectivity index is 1.74. The summed E-state index contributed by atoms with van der Waals surface area (Å²) in [4.78, 5) is 28.2. The van der Waals surface area contributed by atoms with Gasteiger partial charge in [0.1, 0.15) is 5.82 Å². The van der Waals surface area contributed by atoms with Crippen LogP contribution < -0.4 is 8.92 Å². The number of nitrogens with zero attached hydrogens (tertiary/aromatic N) is 1. The van der Waals surface area contributed by atoms with E-state index in [1.54, 1.807) is 24.1 Å². The van der Waals surface area contributed by atoms with Crippen LogP contribution >= 0.6 is 10.3 Å². The molecule has 0 aromatic heterocycles. The molecule has 37 heavy (non-hydrogen) atoms. The Morgan fingerprint density at radius 3 is 2.03 bits per heavy atom. The minimum Gasteiger partial charge on any atom is -0.492 e. The number of hydrogen-bond acceptors (Lipinski definition) is 4. The maximum Gasteiger partial charge on any atom is 0.226 e. The first-order valence-electron chi connectivity index (χ1n) is 13.2. The molecule has 1 saturated heterocycles. The van der Waals surface area contributed by atoms with E-state index in [2.05, 4.69) is 41.5 Å². The topological polar surface area (TPSA) is 55.8 Å². The maximum atomic E-state index is 13.6. The lowest BCUT2D eigenvalue weighted by atomic mass is 9.88. The van der Waals surface area contributed by atoms with Gasteiger partial charge in [0.15, 0.2) is 17.3 Å². The predicted octanol–water partition coefficient (Wildman–Crippen LogP) is 6.82. The lowest BCUT2D eigenvalue weighted by molar-refractivity contribution is -0.131. The zero-order chi connectivity index (χ0) is 27.3. The van der Waals surface area contributed by atoms with Gasteiger partial charge < -0.3 is 13.8 Å². The van der Waals surface area contributed by atoms with Gasteiger partial charge in [0.25, 0.3) is 0 Å².